The maximum Gasteiger partial charge on any atom is 0.147 e. The molecular weight excluding hydrogens is 146 g/mol. The van der Waals surface area contributed by atoms with E-state index in [2.05, 4.69) is 5.32 Å². The third-order valence-electron chi connectivity index (χ3n) is 2.26. The first kappa shape index (κ1) is 7.49. The van der Waals surface area contributed by atoms with Crippen LogP contribution >= 0.6 is 0 Å². The van der Waals surface area contributed by atoms with Crippen LogP contribution in [0.5, 0.6) is 0 Å². The van der Waals surface area contributed by atoms with E-state index in [-0.39, 0.29) is 18.3 Å². The van der Waals surface area contributed by atoms with Crippen molar-refractivity contribution in [2.75, 3.05) is 27.0 Å². The summed E-state index contributed by atoms with van der Waals surface area (Å²) >= 11 is 0. The molecule has 0 aliphatic carbocycles. The molecule has 2 rings (SSSR count). The number of ether oxygens (including phenoxy) is 3. The van der Waals surface area contributed by atoms with Crippen LogP contribution < -0.4 is 5.32 Å². The molecule has 4 heteroatoms. The fourth-order valence-electron chi connectivity index (χ4n) is 1.66. The molecular formula is C7H13NO3. The van der Waals surface area contributed by atoms with Crippen LogP contribution in [0.15, 0.2) is 0 Å². The Morgan fingerprint density at radius 2 is 1.91 bits per heavy atom. The molecule has 2 saturated heterocycles. The Labute approximate surface area is 65.8 Å². The third kappa shape index (κ3) is 1.27. The van der Waals surface area contributed by atoms with E-state index in [1.54, 1.807) is 7.11 Å². The fraction of sp³-hybridized carbons (Fsp3) is 1.00. The first-order valence-corrected chi connectivity index (χ1v) is 3.88. The third-order valence-corrected chi connectivity index (χ3v) is 2.26. The lowest BCUT2D eigenvalue weighted by Gasteiger charge is -2.41. The van der Waals surface area contributed by atoms with Crippen LogP contribution in [0.2, 0.25) is 0 Å². The number of fused-ring (bicyclic) bond motifs is 2. The maximum absolute atomic E-state index is 5.34. The topological polar surface area (TPSA) is 39.7 Å². The van der Waals surface area contributed by atoms with Crippen molar-refractivity contribution in [3.63, 3.8) is 0 Å². The summed E-state index contributed by atoms with van der Waals surface area (Å²) in [6, 6.07) is 0. The molecule has 2 unspecified atom stereocenters. The van der Waals surface area contributed by atoms with Gasteiger partial charge in [-0.1, -0.05) is 0 Å². The number of methoxy groups -OCH3 is 1. The van der Waals surface area contributed by atoms with Crippen LogP contribution in [0.1, 0.15) is 0 Å². The van der Waals surface area contributed by atoms with Gasteiger partial charge in [-0.2, -0.15) is 0 Å². The Kier molecular flexibility index (Phi) is 2.09. The molecule has 2 aliphatic heterocycles. The zero-order valence-electron chi connectivity index (χ0n) is 6.58. The first-order valence-electron chi connectivity index (χ1n) is 3.88. The predicted molar refractivity (Wildman–Crippen MR) is 38.3 cm³/mol. The molecule has 1 N–H and O–H groups in total. The summed E-state index contributed by atoms with van der Waals surface area (Å²) in [6.07, 6.45) is 0.463. The van der Waals surface area contributed by atoms with Crippen LogP contribution in [0.3, 0.4) is 0 Å². The molecule has 4 nitrogen and oxygen atoms in total. The molecule has 0 amide bonds. The van der Waals surface area contributed by atoms with E-state index in [0.717, 1.165) is 13.1 Å². The zero-order chi connectivity index (χ0) is 7.68. The van der Waals surface area contributed by atoms with E-state index in [9.17, 15) is 0 Å². The van der Waals surface area contributed by atoms with Crippen LogP contribution in [0.25, 0.3) is 0 Å². The Morgan fingerprint density at radius 1 is 1.27 bits per heavy atom. The van der Waals surface area contributed by atoms with Gasteiger partial charge in [-0.05, 0) is 0 Å². The van der Waals surface area contributed by atoms with E-state index >= 15 is 0 Å². The monoisotopic (exact) mass is 159 g/mol. The van der Waals surface area contributed by atoms with E-state index < -0.39 is 0 Å². The van der Waals surface area contributed by atoms with Crippen molar-refractivity contribution in [2.24, 2.45) is 0 Å². The molecule has 0 spiro atoms. The molecule has 0 radical (unpaired) electrons. The van der Waals surface area contributed by atoms with Crippen LogP contribution in [-0.2, 0) is 14.2 Å². The lowest BCUT2D eigenvalue weighted by molar-refractivity contribution is -0.245. The van der Waals surface area contributed by atoms with Crippen LogP contribution in [-0.4, -0.2) is 45.3 Å². The second-order valence-electron chi connectivity index (χ2n) is 2.89. The standard InChI is InChI=1S/C7H13NO3/c1-9-7-5-2-8-3-6(7)11-4-10-5/h5-8H,2-4H2,1H3. The van der Waals surface area contributed by atoms with Crippen molar-refractivity contribution in [1.82, 2.24) is 5.32 Å². The second kappa shape index (κ2) is 3.06. The summed E-state index contributed by atoms with van der Waals surface area (Å²) in [6.45, 7) is 2.16. The molecule has 11 heavy (non-hydrogen) atoms. The van der Waals surface area contributed by atoms with Crippen molar-refractivity contribution in [3.05, 3.63) is 0 Å². The van der Waals surface area contributed by atoms with Gasteiger partial charge in [-0.15, -0.1) is 0 Å². The Bertz CT molecular complexity index is 120. The van der Waals surface area contributed by atoms with Crippen LogP contribution in [0, 0.1) is 0 Å². The molecule has 2 aliphatic rings. The van der Waals surface area contributed by atoms with E-state index in [4.69, 9.17) is 14.2 Å². The molecule has 2 bridgehead atoms. The summed E-state index contributed by atoms with van der Waals surface area (Å²) in [5.41, 5.74) is 0. The lowest BCUT2D eigenvalue weighted by atomic mass is 10.0. The molecule has 0 aromatic heterocycles. The number of rotatable bonds is 1. The van der Waals surface area contributed by atoms with E-state index in [1.165, 1.54) is 0 Å². The maximum atomic E-state index is 5.34. The van der Waals surface area contributed by atoms with Gasteiger partial charge in [-0.25, -0.2) is 0 Å². The number of nitrogens with one attached hydrogen (secondary N) is 1. The number of hydrogen-bond acceptors (Lipinski definition) is 4. The van der Waals surface area contributed by atoms with Crippen molar-refractivity contribution in [2.45, 2.75) is 18.3 Å². The van der Waals surface area contributed by atoms with Gasteiger partial charge in [0.25, 0.3) is 0 Å². The molecule has 2 heterocycles. The van der Waals surface area contributed by atoms with Gasteiger partial charge in [0.2, 0.25) is 0 Å². The highest BCUT2D eigenvalue weighted by atomic mass is 16.7. The summed E-state index contributed by atoms with van der Waals surface area (Å²) in [5, 5.41) is 3.22. The highest BCUT2D eigenvalue weighted by Crippen LogP contribution is 2.19. The Hall–Kier alpha value is -0.160. The van der Waals surface area contributed by atoms with Gasteiger partial charge >= 0.3 is 0 Å². The van der Waals surface area contributed by atoms with Gasteiger partial charge in [0, 0.05) is 20.2 Å². The molecule has 0 aromatic rings. The summed E-state index contributed by atoms with van der Waals surface area (Å²) in [7, 11) is 1.70. The normalized spacial score (nSPS) is 43.9. The highest BCUT2D eigenvalue weighted by molar-refractivity contribution is 4.89. The number of piperidine rings is 1. The summed E-state index contributed by atoms with van der Waals surface area (Å²) < 4.78 is 16.0. The van der Waals surface area contributed by atoms with Gasteiger partial charge < -0.3 is 19.5 Å². The average Bonchev–Trinajstić information content (AvgIpc) is 2.03. The van der Waals surface area contributed by atoms with Crippen molar-refractivity contribution < 1.29 is 14.2 Å². The smallest absolute Gasteiger partial charge is 0.147 e. The largest absolute Gasteiger partial charge is 0.376 e. The molecule has 2 fully saturated rings. The zero-order valence-corrected chi connectivity index (χ0v) is 6.58. The summed E-state index contributed by atoms with van der Waals surface area (Å²) in [5.74, 6) is 0. The minimum absolute atomic E-state index is 0.116. The van der Waals surface area contributed by atoms with Crippen molar-refractivity contribution in [3.8, 4) is 0 Å². The highest BCUT2D eigenvalue weighted by Gasteiger charge is 2.38. The molecule has 0 saturated carbocycles. The molecule has 0 aromatic carbocycles. The van der Waals surface area contributed by atoms with Gasteiger partial charge in [0.1, 0.15) is 25.1 Å². The SMILES string of the molecule is COC1C2CNCC1OCO2. The Balaban J connectivity index is 2.04. The van der Waals surface area contributed by atoms with Crippen LogP contribution in [0.4, 0.5) is 0 Å². The van der Waals surface area contributed by atoms with E-state index in [0.29, 0.717) is 6.79 Å². The lowest BCUT2D eigenvalue weighted by Crippen LogP contribution is -2.59. The van der Waals surface area contributed by atoms with Gasteiger partial charge in [-0.3, -0.25) is 0 Å². The van der Waals surface area contributed by atoms with Gasteiger partial charge in [0.05, 0.1) is 0 Å². The van der Waals surface area contributed by atoms with E-state index in [1.807, 2.05) is 0 Å². The molecule has 64 valence electrons. The minimum Gasteiger partial charge on any atom is -0.376 e. The summed E-state index contributed by atoms with van der Waals surface area (Å²) in [4.78, 5) is 0. The second-order valence-corrected chi connectivity index (χ2v) is 2.89. The Morgan fingerprint density at radius 3 is 2.36 bits per heavy atom. The fourth-order valence-corrected chi connectivity index (χ4v) is 1.66. The molecule has 2 atom stereocenters. The van der Waals surface area contributed by atoms with Crippen molar-refractivity contribution in [1.29, 1.82) is 0 Å². The average molecular weight is 159 g/mol. The van der Waals surface area contributed by atoms with Crippen molar-refractivity contribution >= 4 is 0 Å². The quantitative estimate of drug-likeness (QED) is 0.551. The van der Waals surface area contributed by atoms with Gasteiger partial charge in [0.15, 0.2) is 0 Å². The number of hydrogen-bond donors (Lipinski definition) is 1. The first-order chi connectivity index (χ1) is 5.42. The minimum atomic E-state index is 0.116. The predicted octanol–water partition coefficient (Wildman–Crippen LogP) is -0.654.